The Morgan fingerprint density at radius 1 is 0.557 bits per heavy atom. The summed E-state index contributed by atoms with van der Waals surface area (Å²) in [6.07, 6.45) is 1.90. The van der Waals surface area contributed by atoms with Crippen molar-refractivity contribution in [1.29, 1.82) is 0 Å². The van der Waals surface area contributed by atoms with Crippen molar-refractivity contribution in [2.75, 3.05) is 9.80 Å². The Balaban J connectivity index is 0.00000476. The average Bonchev–Trinajstić information content (AvgIpc) is 3.89. The topological polar surface area (TPSA) is 46.7 Å². The molecule has 3 aromatic heterocycles. The number of ether oxygens (including phenoxy) is 1. The maximum atomic E-state index is 6.82. The van der Waals surface area contributed by atoms with Gasteiger partial charge in [-0.05, 0) is 81.3 Å². The molecule has 0 amide bonds. The van der Waals surface area contributed by atoms with Gasteiger partial charge < -0.3 is 23.5 Å². The number of hydrogen-bond donors (Lipinski definition) is 0. The number of para-hydroxylation sites is 4. The standard InChI is InChI=1S/C54H49N4O2.Pt/c1-52(2,3)34-24-25-55-50(30-34)58-43-18-12-10-16-40(43)41-23-22-38(32-46(41)58)59-39-27-35(53(4,5)6)26-37(31-39)56-33-57(45-20-14-13-19-44(45)56)47-28-36(54(7,8)9)29-49-51(47)42-17-11-15-21-48(42)60-49;/h10-30,33H,1-9H3;/q-3;. The number of aromatic nitrogens is 2. The average molecular weight is 981 g/mol. The molecule has 0 unspecified atom stereocenters. The second kappa shape index (κ2) is 14.7. The molecule has 0 atom stereocenters. The molecule has 4 heterocycles. The number of nitrogens with zero attached hydrogens (tertiary/aromatic N) is 4. The van der Waals surface area contributed by atoms with Crippen LogP contribution in [0.5, 0.6) is 11.5 Å². The monoisotopic (exact) mass is 980 g/mol. The predicted molar refractivity (Wildman–Crippen MR) is 248 cm³/mol. The van der Waals surface area contributed by atoms with E-state index in [1.807, 2.05) is 18.3 Å². The Bertz CT molecular complexity index is 3140. The Hall–Kier alpha value is -5.84. The van der Waals surface area contributed by atoms with Crippen LogP contribution in [0.25, 0.3) is 49.6 Å². The first-order valence-corrected chi connectivity index (χ1v) is 20.8. The van der Waals surface area contributed by atoms with E-state index in [4.69, 9.17) is 14.1 Å². The number of hydrogen-bond acceptors (Lipinski definition) is 5. The zero-order chi connectivity index (χ0) is 41.7. The molecular weight excluding hydrogens is 932 g/mol. The first-order valence-electron chi connectivity index (χ1n) is 20.8. The molecule has 1 aliphatic rings. The third kappa shape index (κ3) is 7.09. The van der Waals surface area contributed by atoms with Crippen molar-refractivity contribution >= 4 is 66.5 Å². The van der Waals surface area contributed by atoms with Crippen LogP contribution < -0.4 is 14.5 Å². The zero-order valence-corrected chi connectivity index (χ0v) is 38.4. The Labute approximate surface area is 373 Å². The molecule has 6 aromatic carbocycles. The molecule has 0 radical (unpaired) electrons. The predicted octanol–water partition coefficient (Wildman–Crippen LogP) is 14.8. The van der Waals surface area contributed by atoms with E-state index in [2.05, 4.69) is 205 Å². The van der Waals surface area contributed by atoms with Crippen molar-refractivity contribution in [2.24, 2.45) is 0 Å². The van der Waals surface area contributed by atoms with Crippen LogP contribution in [0.2, 0.25) is 0 Å². The van der Waals surface area contributed by atoms with E-state index >= 15 is 0 Å². The maximum Gasteiger partial charge on any atom is 0.137 e. The molecule has 7 heteroatoms. The third-order valence-corrected chi connectivity index (χ3v) is 11.8. The zero-order valence-electron chi connectivity index (χ0n) is 36.1. The fraction of sp³-hybridized carbons (Fsp3) is 0.222. The Morgan fingerprint density at radius 3 is 1.95 bits per heavy atom. The summed E-state index contributed by atoms with van der Waals surface area (Å²) in [5.41, 5.74) is 11.1. The SMILES string of the molecule is CC(C)(C)c1cc(Oc2[c-]c3c(cc2)c2ccccc2n3-c2cc(C(C)(C)C)ccn2)[c-]c(N2[CH-]N(c3cc(C(C)(C)C)cc4oc5ccccc5c34)c3ccccc32)c1.[Pt]. The Morgan fingerprint density at radius 2 is 1.21 bits per heavy atom. The van der Waals surface area contributed by atoms with Gasteiger partial charge in [-0.25, -0.2) is 4.98 Å². The molecule has 0 saturated heterocycles. The van der Waals surface area contributed by atoms with Crippen LogP contribution in [0.4, 0.5) is 22.7 Å². The fourth-order valence-electron chi connectivity index (χ4n) is 8.39. The molecule has 0 spiro atoms. The number of furan rings is 1. The summed E-state index contributed by atoms with van der Waals surface area (Å²) in [4.78, 5) is 9.40. The maximum absolute atomic E-state index is 6.82. The van der Waals surface area contributed by atoms with Gasteiger partial charge in [0.15, 0.2) is 0 Å². The minimum Gasteiger partial charge on any atom is -0.509 e. The molecule has 310 valence electrons. The summed E-state index contributed by atoms with van der Waals surface area (Å²) in [6, 6.07) is 50.0. The number of benzene rings is 6. The first-order chi connectivity index (χ1) is 28.6. The third-order valence-electron chi connectivity index (χ3n) is 11.8. The van der Waals surface area contributed by atoms with Crippen LogP contribution in [0.15, 0.2) is 132 Å². The molecule has 10 rings (SSSR count). The summed E-state index contributed by atoms with van der Waals surface area (Å²) in [6.45, 7) is 22.3. The van der Waals surface area contributed by atoms with Crippen molar-refractivity contribution in [3.05, 3.63) is 163 Å². The first kappa shape index (κ1) is 40.6. The second-order valence-electron chi connectivity index (χ2n) is 19.1. The van der Waals surface area contributed by atoms with Crippen LogP contribution in [-0.4, -0.2) is 9.55 Å². The molecule has 0 N–H and O–H groups in total. The van der Waals surface area contributed by atoms with Gasteiger partial charge in [0.2, 0.25) is 0 Å². The van der Waals surface area contributed by atoms with Crippen LogP contribution in [0, 0.1) is 18.8 Å². The summed E-state index contributed by atoms with van der Waals surface area (Å²) >= 11 is 0. The molecule has 0 saturated carbocycles. The number of pyridine rings is 1. The van der Waals surface area contributed by atoms with Gasteiger partial charge in [-0.1, -0.05) is 116 Å². The van der Waals surface area contributed by atoms with Gasteiger partial charge >= 0.3 is 0 Å². The van der Waals surface area contributed by atoms with E-state index in [0.717, 1.165) is 77.9 Å². The summed E-state index contributed by atoms with van der Waals surface area (Å²) in [5, 5.41) is 4.41. The quantitative estimate of drug-likeness (QED) is 0.161. The van der Waals surface area contributed by atoms with Gasteiger partial charge in [0.05, 0.1) is 0 Å². The van der Waals surface area contributed by atoms with Crippen molar-refractivity contribution in [3.63, 3.8) is 0 Å². The molecule has 1 aliphatic heterocycles. The molecule has 61 heavy (non-hydrogen) atoms. The van der Waals surface area contributed by atoms with Crippen LogP contribution in [0.1, 0.15) is 79.0 Å². The fourth-order valence-corrected chi connectivity index (χ4v) is 8.39. The smallest absolute Gasteiger partial charge is 0.137 e. The van der Waals surface area contributed by atoms with Crippen LogP contribution in [0.3, 0.4) is 0 Å². The number of fused-ring (bicyclic) bond motifs is 7. The minimum absolute atomic E-state index is 0. The van der Waals surface area contributed by atoms with Crippen molar-refractivity contribution < 1.29 is 30.2 Å². The van der Waals surface area contributed by atoms with E-state index in [-0.39, 0.29) is 37.3 Å². The normalized spacial score (nSPS) is 13.4. The number of anilines is 4. The van der Waals surface area contributed by atoms with Crippen molar-refractivity contribution in [1.82, 2.24) is 9.55 Å². The van der Waals surface area contributed by atoms with Crippen molar-refractivity contribution in [3.8, 4) is 17.3 Å². The molecular formula is C54H49N4O2Pt-3. The van der Waals surface area contributed by atoms with Gasteiger partial charge in [0, 0.05) is 72.1 Å². The van der Waals surface area contributed by atoms with Gasteiger partial charge in [0.25, 0.3) is 0 Å². The summed E-state index contributed by atoms with van der Waals surface area (Å²) in [7, 11) is 0. The van der Waals surface area contributed by atoms with E-state index in [9.17, 15) is 0 Å². The number of rotatable bonds is 5. The van der Waals surface area contributed by atoms with E-state index in [0.29, 0.717) is 11.5 Å². The van der Waals surface area contributed by atoms with E-state index in [1.165, 1.54) is 11.1 Å². The molecule has 9 aromatic rings. The van der Waals surface area contributed by atoms with Gasteiger partial charge in [-0.2, -0.15) is 6.07 Å². The van der Waals surface area contributed by atoms with Crippen LogP contribution >= 0.6 is 0 Å². The van der Waals surface area contributed by atoms with Gasteiger partial charge in [-0.3, -0.25) is 0 Å². The summed E-state index contributed by atoms with van der Waals surface area (Å²) < 4.78 is 15.5. The van der Waals surface area contributed by atoms with Crippen LogP contribution in [-0.2, 0) is 37.3 Å². The molecule has 0 aliphatic carbocycles. The molecule has 0 bridgehead atoms. The molecule has 0 fully saturated rings. The largest absolute Gasteiger partial charge is 0.509 e. The van der Waals surface area contributed by atoms with E-state index < -0.39 is 0 Å². The van der Waals surface area contributed by atoms with Gasteiger partial charge in [0.1, 0.15) is 17.0 Å². The second-order valence-corrected chi connectivity index (χ2v) is 19.1. The van der Waals surface area contributed by atoms with Crippen molar-refractivity contribution in [2.45, 2.75) is 78.6 Å². The molecule has 6 nitrogen and oxygen atoms in total. The van der Waals surface area contributed by atoms with E-state index in [1.54, 1.807) is 0 Å². The summed E-state index contributed by atoms with van der Waals surface area (Å²) in [5.74, 6) is 2.07. The Kier molecular flexibility index (Phi) is 9.75. The van der Waals surface area contributed by atoms with Gasteiger partial charge in [-0.15, -0.1) is 53.6 Å². The minimum atomic E-state index is -0.173.